The van der Waals surface area contributed by atoms with Gasteiger partial charge in [-0.3, -0.25) is 4.90 Å². The second-order valence-electron chi connectivity index (χ2n) is 5.95. The molecule has 2 aliphatic rings. The first-order valence-corrected chi connectivity index (χ1v) is 7.72. The summed E-state index contributed by atoms with van der Waals surface area (Å²) in [5, 5.41) is 3.60. The van der Waals surface area contributed by atoms with E-state index in [2.05, 4.69) is 5.32 Å². The van der Waals surface area contributed by atoms with Crippen LogP contribution < -0.4 is 15.0 Å². The smallest absolute Gasteiger partial charge is 0.188 e. The minimum absolute atomic E-state index is 0.0113. The molecule has 0 unspecified atom stereocenters. The standard InChI is InChI=1S/C17H14F2N2OS/c1-17-9-13(11-4-2-3-5-15(11)22-17)20-16(23)21(17)14-7-6-10(18)8-12(14)19/h2-8,13H,9H2,1H3,(H,20,23)/t13-,17-/m1/s1. The van der Waals surface area contributed by atoms with Gasteiger partial charge in [-0.2, -0.15) is 0 Å². The highest BCUT2D eigenvalue weighted by Crippen LogP contribution is 2.45. The Morgan fingerprint density at radius 2 is 2.04 bits per heavy atom. The maximum atomic E-state index is 14.3. The highest BCUT2D eigenvalue weighted by molar-refractivity contribution is 7.80. The summed E-state index contributed by atoms with van der Waals surface area (Å²) < 4.78 is 33.6. The molecule has 0 aliphatic carbocycles. The fourth-order valence-corrected chi connectivity index (χ4v) is 3.78. The van der Waals surface area contributed by atoms with E-state index >= 15 is 0 Å². The SMILES string of the molecule is C[C@@]12C[C@@H](NC(=S)N1c1ccc(F)cc1F)c1ccccc1O2. The summed E-state index contributed by atoms with van der Waals surface area (Å²) in [7, 11) is 0. The Morgan fingerprint density at radius 1 is 1.26 bits per heavy atom. The van der Waals surface area contributed by atoms with E-state index in [-0.39, 0.29) is 11.7 Å². The van der Waals surface area contributed by atoms with E-state index in [0.29, 0.717) is 11.5 Å². The molecule has 2 aromatic carbocycles. The van der Waals surface area contributed by atoms with Crippen molar-refractivity contribution in [3.63, 3.8) is 0 Å². The lowest BCUT2D eigenvalue weighted by molar-refractivity contribution is 0.0492. The molecule has 2 aromatic rings. The van der Waals surface area contributed by atoms with E-state index in [0.717, 1.165) is 17.4 Å². The average molecular weight is 332 g/mol. The van der Waals surface area contributed by atoms with E-state index in [4.69, 9.17) is 17.0 Å². The van der Waals surface area contributed by atoms with Crippen LogP contribution in [0, 0.1) is 11.6 Å². The maximum absolute atomic E-state index is 14.3. The molecule has 1 N–H and O–H groups in total. The number of ether oxygens (including phenoxy) is 1. The molecule has 23 heavy (non-hydrogen) atoms. The number of hydrogen-bond donors (Lipinski definition) is 1. The van der Waals surface area contributed by atoms with Crippen LogP contribution in [0.3, 0.4) is 0 Å². The summed E-state index contributed by atoms with van der Waals surface area (Å²) >= 11 is 5.43. The molecule has 4 rings (SSSR count). The molecule has 2 heterocycles. The number of para-hydroxylation sites is 1. The highest BCUT2D eigenvalue weighted by atomic mass is 32.1. The van der Waals surface area contributed by atoms with E-state index in [1.165, 1.54) is 12.1 Å². The number of rotatable bonds is 1. The summed E-state index contributed by atoms with van der Waals surface area (Å²) in [6.45, 7) is 1.87. The van der Waals surface area contributed by atoms with Gasteiger partial charge in [-0.1, -0.05) is 18.2 Å². The number of anilines is 1. The molecule has 6 heteroatoms. The lowest BCUT2D eigenvalue weighted by Crippen LogP contribution is -2.65. The Bertz CT molecular complexity index is 813. The molecule has 0 amide bonds. The fraction of sp³-hybridized carbons (Fsp3) is 0.235. The first-order valence-electron chi connectivity index (χ1n) is 7.32. The number of hydrogen-bond acceptors (Lipinski definition) is 2. The third-order valence-corrected chi connectivity index (χ3v) is 4.63. The lowest BCUT2D eigenvalue weighted by Gasteiger charge is -2.52. The van der Waals surface area contributed by atoms with Gasteiger partial charge in [0.15, 0.2) is 10.8 Å². The quantitative estimate of drug-likeness (QED) is 0.801. The first-order chi connectivity index (χ1) is 11.0. The number of nitrogens with zero attached hydrogens (tertiary/aromatic N) is 1. The Hall–Kier alpha value is -2.21. The largest absolute Gasteiger partial charge is 0.467 e. The summed E-state index contributed by atoms with van der Waals surface area (Å²) in [6.07, 6.45) is 0.598. The molecule has 0 radical (unpaired) electrons. The molecular weight excluding hydrogens is 318 g/mol. The van der Waals surface area contributed by atoms with Crippen molar-refractivity contribution < 1.29 is 13.5 Å². The van der Waals surface area contributed by atoms with E-state index < -0.39 is 17.4 Å². The van der Waals surface area contributed by atoms with Crippen LogP contribution in [0.2, 0.25) is 0 Å². The second kappa shape index (κ2) is 4.89. The average Bonchev–Trinajstić information content (AvgIpc) is 2.48. The van der Waals surface area contributed by atoms with Crippen LogP contribution in [0.5, 0.6) is 5.75 Å². The van der Waals surface area contributed by atoms with Crippen LogP contribution in [-0.4, -0.2) is 10.8 Å². The second-order valence-corrected chi connectivity index (χ2v) is 6.34. The molecule has 0 spiro atoms. The molecule has 3 nitrogen and oxygen atoms in total. The molecule has 2 bridgehead atoms. The van der Waals surface area contributed by atoms with Crippen LogP contribution in [-0.2, 0) is 0 Å². The Morgan fingerprint density at radius 3 is 2.83 bits per heavy atom. The van der Waals surface area contributed by atoms with Gasteiger partial charge in [-0.05, 0) is 37.3 Å². The zero-order valence-electron chi connectivity index (χ0n) is 12.3. The third kappa shape index (κ3) is 2.16. The van der Waals surface area contributed by atoms with Crippen LogP contribution in [0.4, 0.5) is 14.5 Å². The summed E-state index contributed by atoms with van der Waals surface area (Å²) in [4.78, 5) is 1.59. The number of thiocarbonyl (C=S) groups is 1. The minimum atomic E-state index is -0.833. The van der Waals surface area contributed by atoms with Crippen molar-refractivity contribution in [3.8, 4) is 5.75 Å². The molecule has 2 aliphatic heterocycles. The van der Waals surface area contributed by atoms with Gasteiger partial charge in [-0.25, -0.2) is 8.78 Å². The molecule has 0 saturated carbocycles. The van der Waals surface area contributed by atoms with Gasteiger partial charge >= 0.3 is 0 Å². The third-order valence-electron chi connectivity index (χ3n) is 4.33. The van der Waals surface area contributed by atoms with Gasteiger partial charge in [0, 0.05) is 18.1 Å². The monoisotopic (exact) mass is 332 g/mol. The van der Waals surface area contributed by atoms with Gasteiger partial charge in [0.25, 0.3) is 0 Å². The zero-order chi connectivity index (χ0) is 16.2. The fourth-order valence-electron chi connectivity index (χ4n) is 3.35. The van der Waals surface area contributed by atoms with Crippen molar-refractivity contribution in [1.82, 2.24) is 5.32 Å². The Balaban J connectivity index is 1.83. The molecule has 1 saturated heterocycles. The van der Waals surface area contributed by atoms with Crippen molar-refractivity contribution in [2.75, 3.05) is 4.90 Å². The van der Waals surface area contributed by atoms with Crippen LogP contribution in [0.25, 0.3) is 0 Å². The van der Waals surface area contributed by atoms with Gasteiger partial charge < -0.3 is 10.1 Å². The van der Waals surface area contributed by atoms with Gasteiger partial charge in [-0.15, -0.1) is 0 Å². The van der Waals surface area contributed by atoms with Gasteiger partial charge in [0.1, 0.15) is 17.4 Å². The normalized spacial score (nSPS) is 25.4. The van der Waals surface area contributed by atoms with Crippen molar-refractivity contribution in [1.29, 1.82) is 0 Å². The van der Waals surface area contributed by atoms with Crippen LogP contribution in [0.15, 0.2) is 42.5 Å². The van der Waals surface area contributed by atoms with Crippen LogP contribution in [0.1, 0.15) is 24.9 Å². The summed E-state index contributed by atoms with van der Waals surface area (Å²) in [5.41, 5.74) is 0.399. The number of benzene rings is 2. The van der Waals surface area contributed by atoms with Crippen molar-refractivity contribution in [3.05, 3.63) is 59.7 Å². The van der Waals surface area contributed by atoms with Gasteiger partial charge in [0.2, 0.25) is 0 Å². The van der Waals surface area contributed by atoms with Crippen molar-refractivity contribution in [2.45, 2.75) is 25.1 Å². The predicted molar refractivity (Wildman–Crippen MR) is 87.4 cm³/mol. The topological polar surface area (TPSA) is 24.5 Å². The highest BCUT2D eigenvalue weighted by Gasteiger charge is 2.48. The van der Waals surface area contributed by atoms with Gasteiger partial charge in [0.05, 0.1) is 11.7 Å². The van der Waals surface area contributed by atoms with E-state index in [1.54, 1.807) is 4.90 Å². The van der Waals surface area contributed by atoms with E-state index in [1.807, 2.05) is 31.2 Å². The predicted octanol–water partition coefficient (Wildman–Crippen LogP) is 3.90. The maximum Gasteiger partial charge on any atom is 0.188 e. The summed E-state index contributed by atoms with van der Waals surface area (Å²) in [6, 6.07) is 11.2. The number of nitrogens with one attached hydrogen (secondary N) is 1. The molecule has 0 aromatic heterocycles. The first kappa shape index (κ1) is 14.4. The number of halogens is 2. The van der Waals surface area contributed by atoms with Crippen LogP contribution >= 0.6 is 12.2 Å². The molecular formula is C17H14F2N2OS. The summed E-state index contributed by atoms with van der Waals surface area (Å²) in [5.74, 6) is -0.551. The molecule has 118 valence electrons. The number of fused-ring (bicyclic) bond motifs is 4. The Labute approximate surface area is 137 Å². The lowest BCUT2D eigenvalue weighted by atomic mass is 9.90. The van der Waals surface area contributed by atoms with E-state index in [9.17, 15) is 8.78 Å². The molecule has 2 atom stereocenters. The minimum Gasteiger partial charge on any atom is -0.467 e. The van der Waals surface area contributed by atoms with Crippen molar-refractivity contribution >= 4 is 23.0 Å². The Kier molecular flexibility index (Phi) is 3.06. The molecule has 1 fully saturated rings. The van der Waals surface area contributed by atoms with Crippen molar-refractivity contribution in [2.24, 2.45) is 0 Å². The zero-order valence-corrected chi connectivity index (χ0v) is 13.2.